The van der Waals surface area contributed by atoms with E-state index in [1.165, 1.54) is 0 Å². The summed E-state index contributed by atoms with van der Waals surface area (Å²) in [6, 6.07) is 5.14. The zero-order chi connectivity index (χ0) is 17.8. The first kappa shape index (κ1) is 17.8. The van der Waals surface area contributed by atoms with Gasteiger partial charge in [0.15, 0.2) is 0 Å². The number of benzene rings is 1. The van der Waals surface area contributed by atoms with Gasteiger partial charge in [-0.3, -0.25) is 9.69 Å². The van der Waals surface area contributed by atoms with Crippen molar-refractivity contribution in [3.05, 3.63) is 51.7 Å². The van der Waals surface area contributed by atoms with Crippen molar-refractivity contribution in [2.24, 2.45) is 0 Å². The predicted molar refractivity (Wildman–Crippen MR) is 89.8 cm³/mol. The van der Waals surface area contributed by atoms with E-state index >= 15 is 0 Å². The van der Waals surface area contributed by atoms with Crippen LogP contribution in [0.15, 0.2) is 29.6 Å². The third kappa shape index (κ3) is 4.15. The zero-order valence-corrected chi connectivity index (χ0v) is 14.2. The van der Waals surface area contributed by atoms with E-state index in [9.17, 15) is 18.7 Å². The number of hydrogen-bond acceptors (Lipinski definition) is 5. The lowest BCUT2D eigenvalue weighted by Gasteiger charge is -2.34. The standard InChI is InChI=1S/C17H18F2N2O3S/c18-11-8-12(19)16(14(22)9-11)17(23)20-10-13(15-2-1-7-25-15)21-3-5-24-6-4-21/h1-2,7-9,13,22H,3-6,10H2,(H,20,23). The summed E-state index contributed by atoms with van der Waals surface area (Å²) >= 11 is 1.57. The molecule has 0 saturated carbocycles. The van der Waals surface area contributed by atoms with E-state index < -0.39 is 28.9 Å². The van der Waals surface area contributed by atoms with Gasteiger partial charge in [-0.15, -0.1) is 11.3 Å². The van der Waals surface area contributed by atoms with Gasteiger partial charge in [0.25, 0.3) is 5.91 Å². The molecule has 1 atom stereocenters. The Morgan fingerprint density at radius 2 is 2.12 bits per heavy atom. The van der Waals surface area contributed by atoms with Gasteiger partial charge in [0.05, 0.1) is 19.3 Å². The molecule has 2 heterocycles. The quantitative estimate of drug-likeness (QED) is 0.852. The fourth-order valence-corrected chi connectivity index (χ4v) is 3.70. The van der Waals surface area contributed by atoms with Gasteiger partial charge in [0.1, 0.15) is 22.9 Å². The molecule has 0 aliphatic carbocycles. The minimum Gasteiger partial charge on any atom is -0.507 e. The molecule has 2 N–H and O–H groups in total. The Kier molecular flexibility index (Phi) is 5.62. The van der Waals surface area contributed by atoms with Gasteiger partial charge in [-0.1, -0.05) is 6.07 Å². The molecule has 1 saturated heterocycles. The molecule has 1 aliphatic heterocycles. The van der Waals surface area contributed by atoms with Gasteiger partial charge in [0.2, 0.25) is 0 Å². The van der Waals surface area contributed by atoms with Gasteiger partial charge < -0.3 is 15.2 Å². The van der Waals surface area contributed by atoms with E-state index in [4.69, 9.17) is 4.74 Å². The smallest absolute Gasteiger partial charge is 0.258 e. The summed E-state index contributed by atoms with van der Waals surface area (Å²) in [4.78, 5) is 15.5. The summed E-state index contributed by atoms with van der Waals surface area (Å²) in [6.45, 7) is 2.94. The number of morpholine rings is 1. The number of nitrogens with one attached hydrogen (secondary N) is 1. The van der Waals surface area contributed by atoms with Gasteiger partial charge in [-0.2, -0.15) is 0 Å². The van der Waals surface area contributed by atoms with Crippen LogP contribution >= 0.6 is 11.3 Å². The highest BCUT2D eigenvalue weighted by molar-refractivity contribution is 7.10. The molecule has 0 bridgehead atoms. The van der Waals surface area contributed by atoms with E-state index in [0.29, 0.717) is 19.3 Å². The summed E-state index contributed by atoms with van der Waals surface area (Å²) in [6.07, 6.45) is 0. The van der Waals surface area contributed by atoms with E-state index in [-0.39, 0.29) is 12.6 Å². The van der Waals surface area contributed by atoms with Crippen molar-refractivity contribution in [2.75, 3.05) is 32.8 Å². The average Bonchev–Trinajstić information content (AvgIpc) is 3.09. The number of thiophene rings is 1. The lowest BCUT2D eigenvalue weighted by atomic mass is 10.1. The molecule has 0 spiro atoms. The van der Waals surface area contributed by atoms with Crippen molar-refractivity contribution in [1.29, 1.82) is 0 Å². The molecular weight excluding hydrogens is 350 g/mol. The topological polar surface area (TPSA) is 61.8 Å². The van der Waals surface area contributed by atoms with E-state index in [1.807, 2.05) is 17.5 Å². The predicted octanol–water partition coefficient (Wildman–Crippen LogP) is 2.54. The molecule has 1 unspecified atom stereocenters. The summed E-state index contributed by atoms with van der Waals surface area (Å²) in [5.41, 5.74) is -0.548. The number of carbonyl (C=O) groups is 1. The molecule has 8 heteroatoms. The average molecular weight is 368 g/mol. The van der Waals surface area contributed by atoms with Crippen molar-refractivity contribution in [1.82, 2.24) is 10.2 Å². The molecule has 3 rings (SSSR count). The monoisotopic (exact) mass is 368 g/mol. The van der Waals surface area contributed by atoms with Crippen LogP contribution in [0, 0.1) is 11.6 Å². The molecule has 1 aromatic heterocycles. The fourth-order valence-electron chi connectivity index (χ4n) is 2.84. The van der Waals surface area contributed by atoms with Crippen LogP contribution < -0.4 is 5.32 Å². The number of carbonyl (C=O) groups excluding carboxylic acids is 1. The molecular formula is C17H18F2N2O3S. The Bertz CT molecular complexity index is 710. The van der Waals surface area contributed by atoms with E-state index in [1.54, 1.807) is 11.3 Å². The highest BCUT2D eigenvalue weighted by atomic mass is 32.1. The normalized spacial score (nSPS) is 16.6. The molecule has 134 valence electrons. The molecule has 25 heavy (non-hydrogen) atoms. The largest absolute Gasteiger partial charge is 0.507 e. The second kappa shape index (κ2) is 7.90. The van der Waals surface area contributed by atoms with Crippen molar-refractivity contribution < 1.29 is 23.4 Å². The molecule has 0 radical (unpaired) electrons. The minimum absolute atomic E-state index is 0.0708. The number of phenols is 1. The maximum atomic E-state index is 13.8. The van der Waals surface area contributed by atoms with Crippen molar-refractivity contribution in [3.8, 4) is 5.75 Å². The number of halogens is 2. The van der Waals surface area contributed by atoms with Crippen LogP contribution in [-0.2, 0) is 4.74 Å². The summed E-state index contributed by atoms with van der Waals surface area (Å²) in [7, 11) is 0. The number of ether oxygens (including phenoxy) is 1. The summed E-state index contributed by atoms with van der Waals surface area (Å²) < 4.78 is 32.3. The number of amides is 1. The third-order valence-electron chi connectivity index (χ3n) is 4.08. The maximum Gasteiger partial charge on any atom is 0.258 e. The first-order valence-corrected chi connectivity index (χ1v) is 8.75. The fraction of sp³-hybridized carbons (Fsp3) is 0.353. The molecule has 5 nitrogen and oxygen atoms in total. The lowest BCUT2D eigenvalue weighted by molar-refractivity contribution is 0.0169. The SMILES string of the molecule is O=C(NCC(c1cccs1)N1CCOCC1)c1c(O)cc(F)cc1F. The van der Waals surface area contributed by atoms with Crippen molar-refractivity contribution in [3.63, 3.8) is 0 Å². The Morgan fingerprint density at radius 1 is 1.36 bits per heavy atom. The second-order valence-electron chi connectivity index (χ2n) is 5.67. The molecule has 1 aliphatic rings. The summed E-state index contributed by atoms with van der Waals surface area (Å²) in [5, 5.41) is 14.3. The van der Waals surface area contributed by atoms with E-state index in [2.05, 4.69) is 10.2 Å². The van der Waals surface area contributed by atoms with Gasteiger partial charge in [0, 0.05) is 36.6 Å². The van der Waals surface area contributed by atoms with E-state index in [0.717, 1.165) is 24.0 Å². The van der Waals surface area contributed by atoms with Gasteiger partial charge >= 0.3 is 0 Å². The number of nitrogens with zero attached hydrogens (tertiary/aromatic N) is 1. The van der Waals surface area contributed by atoms with Gasteiger partial charge in [-0.05, 0) is 11.4 Å². The zero-order valence-electron chi connectivity index (χ0n) is 13.4. The first-order chi connectivity index (χ1) is 12.1. The Morgan fingerprint density at radius 3 is 2.76 bits per heavy atom. The number of hydrogen-bond donors (Lipinski definition) is 2. The number of phenolic OH excluding ortho intramolecular Hbond substituents is 1. The van der Waals surface area contributed by atoms with Crippen LogP contribution in [0.5, 0.6) is 5.75 Å². The highest BCUT2D eigenvalue weighted by Gasteiger charge is 2.25. The third-order valence-corrected chi connectivity index (χ3v) is 5.05. The second-order valence-corrected chi connectivity index (χ2v) is 6.65. The minimum atomic E-state index is -1.09. The number of rotatable bonds is 5. The maximum absolute atomic E-state index is 13.8. The van der Waals surface area contributed by atoms with Crippen molar-refractivity contribution in [2.45, 2.75) is 6.04 Å². The Hall–Kier alpha value is -2.03. The molecule has 2 aromatic rings. The Labute approximate surface area is 147 Å². The van der Waals surface area contributed by atoms with Crippen LogP contribution in [0.3, 0.4) is 0 Å². The summed E-state index contributed by atoms with van der Waals surface area (Å²) in [5.74, 6) is -3.51. The van der Waals surface area contributed by atoms with Crippen LogP contribution in [-0.4, -0.2) is 48.8 Å². The molecule has 1 fully saturated rings. The van der Waals surface area contributed by atoms with Crippen LogP contribution in [0.25, 0.3) is 0 Å². The Balaban J connectivity index is 1.74. The van der Waals surface area contributed by atoms with Crippen molar-refractivity contribution >= 4 is 17.2 Å². The molecule has 1 amide bonds. The van der Waals surface area contributed by atoms with Crippen LogP contribution in [0.2, 0.25) is 0 Å². The van der Waals surface area contributed by atoms with Crippen LogP contribution in [0.1, 0.15) is 21.3 Å². The first-order valence-electron chi connectivity index (χ1n) is 7.87. The highest BCUT2D eigenvalue weighted by Crippen LogP contribution is 2.26. The number of aromatic hydroxyl groups is 1. The lowest BCUT2D eigenvalue weighted by Crippen LogP contribution is -2.43. The van der Waals surface area contributed by atoms with Gasteiger partial charge in [-0.25, -0.2) is 8.78 Å². The molecule has 1 aromatic carbocycles. The van der Waals surface area contributed by atoms with Crippen LogP contribution in [0.4, 0.5) is 8.78 Å².